The quantitative estimate of drug-likeness (QED) is 0.725. The molecule has 124 valence electrons. The van der Waals surface area contributed by atoms with Crippen molar-refractivity contribution in [1.82, 2.24) is 4.90 Å². The first-order valence-electron chi connectivity index (χ1n) is 7.71. The molecule has 22 heavy (non-hydrogen) atoms. The summed E-state index contributed by atoms with van der Waals surface area (Å²) in [6.07, 6.45) is 0.0669. The van der Waals surface area contributed by atoms with Crippen molar-refractivity contribution >= 4 is 5.97 Å². The molecule has 0 N–H and O–H groups in total. The van der Waals surface area contributed by atoms with E-state index in [1.54, 1.807) is 7.11 Å². The highest BCUT2D eigenvalue weighted by molar-refractivity contribution is 5.70. The fourth-order valence-electron chi connectivity index (χ4n) is 2.30. The number of rotatable bonds is 7. The number of hydrogen-bond acceptors (Lipinski definition) is 4. The van der Waals surface area contributed by atoms with Crippen LogP contribution in [0.15, 0.2) is 30.3 Å². The second-order valence-corrected chi connectivity index (χ2v) is 6.71. The van der Waals surface area contributed by atoms with Gasteiger partial charge in [0.1, 0.15) is 5.60 Å². The largest absolute Gasteiger partial charge is 0.460 e. The van der Waals surface area contributed by atoms with E-state index in [1.807, 2.05) is 46.0 Å². The molecule has 0 saturated carbocycles. The molecule has 2 atom stereocenters. The van der Waals surface area contributed by atoms with E-state index in [9.17, 15) is 4.79 Å². The number of esters is 1. The van der Waals surface area contributed by atoms with Gasteiger partial charge in [-0.05, 0) is 40.3 Å². The molecule has 0 saturated heterocycles. The third-order valence-electron chi connectivity index (χ3n) is 3.60. The van der Waals surface area contributed by atoms with Gasteiger partial charge in [0, 0.05) is 19.7 Å². The van der Waals surface area contributed by atoms with E-state index in [0.717, 1.165) is 6.54 Å². The van der Waals surface area contributed by atoms with Crippen LogP contribution in [0.4, 0.5) is 0 Å². The molecule has 0 fully saturated rings. The zero-order chi connectivity index (χ0) is 16.8. The van der Waals surface area contributed by atoms with Crippen LogP contribution in [0.2, 0.25) is 0 Å². The van der Waals surface area contributed by atoms with Crippen LogP contribution in [0, 0.1) is 0 Å². The Morgan fingerprint density at radius 1 is 1.23 bits per heavy atom. The van der Waals surface area contributed by atoms with Gasteiger partial charge < -0.3 is 9.47 Å². The van der Waals surface area contributed by atoms with Crippen LogP contribution in [0.1, 0.15) is 39.7 Å². The summed E-state index contributed by atoms with van der Waals surface area (Å²) < 4.78 is 10.9. The van der Waals surface area contributed by atoms with Gasteiger partial charge in [-0.15, -0.1) is 0 Å². The molecule has 0 spiro atoms. The average Bonchev–Trinajstić information content (AvgIpc) is 2.43. The molecule has 1 rings (SSSR count). The Bertz CT molecular complexity index is 453. The topological polar surface area (TPSA) is 38.8 Å². The van der Waals surface area contributed by atoms with Crippen LogP contribution >= 0.6 is 0 Å². The zero-order valence-corrected chi connectivity index (χ0v) is 14.6. The summed E-state index contributed by atoms with van der Waals surface area (Å²) in [4.78, 5) is 14.2. The summed E-state index contributed by atoms with van der Waals surface area (Å²) in [6.45, 7) is 8.50. The maximum absolute atomic E-state index is 12.0. The summed E-state index contributed by atoms with van der Waals surface area (Å²) in [5.74, 6) is -0.223. The first kappa shape index (κ1) is 18.7. The van der Waals surface area contributed by atoms with Gasteiger partial charge in [0.15, 0.2) is 0 Å². The minimum absolute atomic E-state index is 0.109. The fraction of sp³-hybridized carbons (Fsp3) is 0.611. The van der Waals surface area contributed by atoms with Crippen molar-refractivity contribution in [3.05, 3.63) is 35.9 Å². The lowest BCUT2D eigenvalue weighted by Crippen LogP contribution is -2.41. The highest BCUT2D eigenvalue weighted by atomic mass is 16.6. The van der Waals surface area contributed by atoms with Crippen molar-refractivity contribution in [2.24, 2.45) is 0 Å². The maximum Gasteiger partial charge on any atom is 0.309 e. The van der Waals surface area contributed by atoms with Crippen molar-refractivity contribution in [2.75, 3.05) is 14.2 Å². The predicted molar refractivity (Wildman–Crippen MR) is 88.6 cm³/mol. The van der Waals surface area contributed by atoms with Crippen molar-refractivity contribution in [3.63, 3.8) is 0 Å². The highest BCUT2D eigenvalue weighted by Gasteiger charge is 2.26. The molecule has 0 heterocycles. The monoisotopic (exact) mass is 307 g/mol. The first-order chi connectivity index (χ1) is 10.2. The number of hydrogen-bond donors (Lipinski definition) is 0. The van der Waals surface area contributed by atoms with Crippen molar-refractivity contribution in [3.8, 4) is 0 Å². The lowest BCUT2D eigenvalue weighted by atomic mass is 10.1. The molecule has 0 radical (unpaired) electrons. The maximum atomic E-state index is 12.0. The lowest BCUT2D eigenvalue weighted by molar-refractivity contribution is -0.158. The normalized spacial score (nSPS) is 14.7. The Labute approximate surface area is 134 Å². The second kappa shape index (κ2) is 8.30. The molecule has 2 unspecified atom stereocenters. The highest BCUT2D eigenvalue weighted by Crippen LogP contribution is 2.16. The van der Waals surface area contributed by atoms with Crippen molar-refractivity contribution in [1.29, 1.82) is 0 Å². The average molecular weight is 307 g/mol. The third kappa shape index (κ3) is 6.58. The summed E-state index contributed by atoms with van der Waals surface area (Å²) in [5, 5.41) is 0. The molecule has 0 aliphatic carbocycles. The Kier molecular flexibility index (Phi) is 7.04. The Morgan fingerprint density at radius 2 is 1.82 bits per heavy atom. The van der Waals surface area contributed by atoms with E-state index in [2.05, 4.69) is 24.0 Å². The van der Waals surface area contributed by atoms with Crippen LogP contribution in [0.5, 0.6) is 0 Å². The molecular weight excluding hydrogens is 278 g/mol. The first-order valence-corrected chi connectivity index (χ1v) is 7.71. The number of ether oxygens (including phenoxy) is 2. The number of benzene rings is 1. The van der Waals surface area contributed by atoms with E-state index >= 15 is 0 Å². The van der Waals surface area contributed by atoms with Gasteiger partial charge in [-0.25, -0.2) is 0 Å². The van der Waals surface area contributed by atoms with Gasteiger partial charge in [0.2, 0.25) is 0 Å². The molecule has 4 nitrogen and oxygen atoms in total. The van der Waals surface area contributed by atoms with Gasteiger partial charge in [0.05, 0.1) is 12.5 Å². The minimum atomic E-state index is -0.464. The van der Waals surface area contributed by atoms with Crippen LogP contribution in [0.25, 0.3) is 0 Å². The van der Waals surface area contributed by atoms with Gasteiger partial charge in [0.25, 0.3) is 0 Å². The van der Waals surface area contributed by atoms with E-state index in [0.29, 0.717) is 0 Å². The molecule has 4 heteroatoms. The standard InChI is InChI=1S/C18H29NO3/c1-14(19(5)13-15-10-8-7-9-11-15)16(21-6)12-17(20)22-18(2,3)4/h7-11,14,16H,12-13H2,1-6H3. The van der Waals surface area contributed by atoms with Crippen LogP contribution < -0.4 is 0 Å². The van der Waals surface area contributed by atoms with Crippen LogP contribution in [0.3, 0.4) is 0 Å². The summed E-state index contributed by atoms with van der Waals surface area (Å²) in [6, 6.07) is 10.4. The van der Waals surface area contributed by atoms with Gasteiger partial charge in [-0.2, -0.15) is 0 Å². The van der Waals surface area contributed by atoms with Gasteiger partial charge in [-0.1, -0.05) is 30.3 Å². The second-order valence-electron chi connectivity index (χ2n) is 6.71. The van der Waals surface area contributed by atoms with E-state index < -0.39 is 5.60 Å². The predicted octanol–water partition coefficient (Wildman–Crippen LogP) is 3.25. The molecule has 0 amide bonds. The van der Waals surface area contributed by atoms with E-state index in [4.69, 9.17) is 9.47 Å². The van der Waals surface area contributed by atoms with Crippen molar-refractivity contribution in [2.45, 2.75) is 58.4 Å². The zero-order valence-electron chi connectivity index (χ0n) is 14.6. The Hall–Kier alpha value is -1.39. The molecule has 1 aromatic carbocycles. The lowest BCUT2D eigenvalue weighted by Gasteiger charge is -2.31. The molecule has 1 aromatic rings. The molecule has 0 aliphatic rings. The Balaban J connectivity index is 2.59. The summed E-state index contributed by atoms with van der Waals surface area (Å²) in [5.41, 5.74) is 0.776. The molecular formula is C18H29NO3. The number of likely N-dealkylation sites (N-methyl/N-ethyl adjacent to an activating group) is 1. The van der Waals surface area contributed by atoms with Crippen LogP contribution in [-0.2, 0) is 20.8 Å². The fourth-order valence-corrected chi connectivity index (χ4v) is 2.30. The van der Waals surface area contributed by atoms with Crippen molar-refractivity contribution < 1.29 is 14.3 Å². The molecule has 0 aliphatic heterocycles. The molecule has 0 aromatic heterocycles. The molecule has 0 bridgehead atoms. The van der Waals surface area contributed by atoms with Gasteiger partial charge >= 0.3 is 5.97 Å². The summed E-state index contributed by atoms with van der Waals surface area (Å²) >= 11 is 0. The Morgan fingerprint density at radius 3 is 2.32 bits per heavy atom. The number of nitrogens with zero attached hydrogens (tertiary/aromatic N) is 1. The van der Waals surface area contributed by atoms with Crippen LogP contribution in [-0.4, -0.2) is 42.8 Å². The van der Waals surface area contributed by atoms with E-state index in [1.165, 1.54) is 5.56 Å². The minimum Gasteiger partial charge on any atom is -0.460 e. The third-order valence-corrected chi connectivity index (χ3v) is 3.60. The van der Waals surface area contributed by atoms with E-state index in [-0.39, 0.29) is 24.5 Å². The SMILES string of the molecule is COC(CC(=O)OC(C)(C)C)C(C)N(C)Cc1ccccc1. The number of methoxy groups -OCH3 is 1. The smallest absolute Gasteiger partial charge is 0.309 e. The number of carbonyl (C=O) groups is 1. The van der Waals surface area contributed by atoms with Gasteiger partial charge in [-0.3, -0.25) is 9.69 Å². The number of carbonyl (C=O) groups excluding carboxylic acids is 1. The summed E-state index contributed by atoms with van der Waals surface area (Å²) in [7, 11) is 3.68.